The molecule has 332 valence electrons. The fourth-order valence-electron chi connectivity index (χ4n) is 5.33. The summed E-state index contributed by atoms with van der Waals surface area (Å²) in [6, 6.07) is 3.62. The zero-order valence-corrected chi connectivity index (χ0v) is 36.0. The van der Waals surface area contributed by atoms with Crippen molar-refractivity contribution in [3.63, 3.8) is 0 Å². The van der Waals surface area contributed by atoms with E-state index in [2.05, 4.69) is 37.2 Å². The van der Waals surface area contributed by atoms with Crippen molar-refractivity contribution in [1.29, 1.82) is 0 Å². The molecule has 0 unspecified atom stereocenters. The fourth-order valence-corrected chi connectivity index (χ4v) is 5.33. The topological polar surface area (TPSA) is 57.4 Å². The minimum Gasteiger partial charge on any atom is -0.493 e. The Morgan fingerprint density at radius 1 is 0.650 bits per heavy atom. The Bertz CT molecular complexity index is 2030. The highest BCUT2D eigenvalue weighted by molar-refractivity contribution is 5.61. The van der Waals surface area contributed by atoms with Crippen molar-refractivity contribution < 1.29 is 57.8 Å². The number of hydrogen-bond acceptors (Lipinski definition) is 5. The number of halogens is 10. The van der Waals surface area contributed by atoms with E-state index in [1.807, 2.05) is 12.2 Å². The lowest BCUT2D eigenvalue weighted by molar-refractivity contribution is -0.310. The Hall–Kier alpha value is -5.08. The summed E-state index contributed by atoms with van der Waals surface area (Å²) in [6.45, 7) is 24.9. The van der Waals surface area contributed by atoms with Crippen LogP contribution >= 0.6 is 0 Å². The van der Waals surface area contributed by atoms with E-state index in [4.69, 9.17) is 13.9 Å². The number of alkyl halides is 6. The summed E-state index contributed by atoms with van der Waals surface area (Å²) in [5.74, 6) is -7.16. The monoisotopic (exact) mass is 860 g/mol. The molecule has 0 amide bonds. The number of rotatable bonds is 11. The number of nitrogens with zero attached hydrogens (tertiary/aromatic N) is 2. The van der Waals surface area contributed by atoms with E-state index in [-0.39, 0.29) is 11.3 Å². The maximum atomic E-state index is 15.2. The number of allylic oxidation sites excluding steroid dienone is 10. The van der Waals surface area contributed by atoms with Crippen LogP contribution < -0.4 is 4.74 Å². The Morgan fingerprint density at radius 3 is 1.52 bits per heavy atom. The minimum absolute atomic E-state index is 0.0734. The Labute approximate surface area is 346 Å². The van der Waals surface area contributed by atoms with Gasteiger partial charge in [0.15, 0.2) is 11.6 Å². The van der Waals surface area contributed by atoms with Crippen LogP contribution in [0.15, 0.2) is 101 Å². The lowest BCUT2D eigenvalue weighted by atomic mass is 9.72. The molecule has 0 atom stereocenters. The van der Waals surface area contributed by atoms with Crippen molar-refractivity contribution in [3.8, 4) is 28.7 Å². The first-order chi connectivity index (χ1) is 27.4. The van der Waals surface area contributed by atoms with Crippen molar-refractivity contribution in [1.82, 2.24) is 10.2 Å². The van der Waals surface area contributed by atoms with E-state index in [0.717, 1.165) is 56.2 Å². The van der Waals surface area contributed by atoms with Gasteiger partial charge in [0.25, 0.3) is 11.8 Å². The van der Waals surface area contributed by atoms with Crippen molar-refractivity contribution >= 4 is 0 Å². The van der Waals surface area contributed by atoms with Crippen LogP contribution in [-0.4, -0.2) is 28.2 Å². The van der Waals surface area contributed by atoms with E-state index in [0.29, 0.717) is 26.0 Å². The minimum atomic E-state index is -5.85. The molecule has 0 spiro atoms. The highest BCUT2D eigenvalue weighted by Crippen LogP contribution is 2.59. The van der Waals surface area contributed by atoms with E-state index in [9.17, 15) is 35.1 Å². The molecule has 0 radical (unpaired) electrons. The van der Waals surface area contributed by atoms with Gasteiger partial charge in [-0.2, -0.15) is 30.7 Å². The highest BCUT2D eigenvalue weighted by Gasteiger charge is 2.72. The van der Waals surface area contributed by atoms with Crippen molar-refractivity contribution in [2.45, 2.75) is 119 Å². The molecule has 3 rings (SSSR count). The van der Waals surface area contributed by atoms with Crippen LogP contribution in [0.25, 0.3) is 22.9 Å². The Kier molecular flexibility index (Phi) is 18.9. The summed E-state index contributed by atoms with van der Waals surface area (Å²) in [7, 11) is 0. The highest BCUT2D eigenvalue weighted by atomic mass is 19.4. The van der Waals surface area contributed by atoms with Gasteiger partial charge in [-0.25, -0.2) is 13.2 Å². The summed E-state index contributed by atoms with van der Waals surface area (Å²) in [5.41, 5.74) is -9.17. The van der Waals surface area contributed by atoms with E-state index in [1.165, 1.54) is 6.92 Å². The van der Waals surface area contributed by atoms with Gasteiger partial charge in [0, 0.05) is 0 Å². The van der Waals surface area contributed by atoms with E-state index >= 15 is 8.78 Å². The zero-order chi connectivity index (χ0) is 46.6. The third-order valence-corrected chi connectivity index (χ3v) is 8.28. The molecule has 15 heteroatoms. The molecule has 2 aromatic carbocycles. The normalized spacial score (nSPS) is 13.5. The smallest absolute Gasteiger partial charge is 0.410 e. The standard InChI is InChI=1S/C37H38F10N2O3.2C4H8/c1-19(35(36(42,43)44,37(45,46)47)20(2)12-14-22(4)52-34(8,9)10)11-13-21(3)50-28-16-15-23(29(40)30(28)41)31-48-49-32(51-31)24-17-27(39)25(18-26(24)38)33(5,6)7;2*1-3-4-2/h11-18H,1-10H3;2*3H,1,4H2,2H3/b19-11+,20-12+,21-13+,22-14+;;. The van der Waals surface area contributed by atoms with Crippen molar-refractivity contribution in [3.05, 3.63) is 125 Å². The second-order valence-corrected chi connectivity index (χ2v) is 15.4. The molecule has 3 aromatic rings. The largest absolute Gasteiger partial charge is 0.493 e. The van der Waals surface area contributed by atoms with Crippen molar-refractivity contribution in [2.75, 3.05) is 0 Å². The predicted molar refractivity (Wildman–Crippen MR) is 216 cm³/mol. The van der Waals surface area contributed by atoms with Gasteiger partial charge < -0.3 is 13.9 Å². The van der Waals surface area contributed by atoms with Crippen LogP contribution in [0.3, 0.4) is 0 Å². The SMILES string of the molecule is C/C(=C\C=C(/C)C(/C(C)=C/C=C(\C)OC(C)(C)C)(C(F)(F)F)C(F)(F)F)Oc1ccc(-c2nnc(-c3cc(F)c(C(C)(C)C)cc3F)o2)c(F)c1F.C=CCC.C=CCC. The molecular weight excluding hydrogens is 806 g/mol. The molecule has 5 nitrogen and oxygen atoms in total. The maximum absolute atomic E-state index is 15.2. The molecule has 0 aliphatic carbocycles. The lowest BCUT2D eigenvalue weighted by Crippen LogP contribution is -2.51. The van der Waals surface area contributed by atoms with E-state index < -0.39 is 97.6 Å². The van der Waals surface area contributed by atoms with E-state index in [1.54, 1.807) is 41.5 Å². The molecule has 0 saturated carbocycles. The third-order valence-electron chi connectivity index (χ3n) is 8.28. The summed E-state index contributed by atoms with van der Waals surface area (Å²) in [4.78, 5) is 0. The van der Waals surface area contributed by atoms with Crippen LogP contribution in [0.2, 0.25) is 0 Å². The molecule has 0 saturated heterocycles. The first-order valence-electron chi connectivity index (χ1n) is 18.7. The average molecular weight is 861 g/mol. The van der Waals surface area contributed by atoms with Crippen LogP contribution in [0.1, 0.15) is 101 Å². The van der Waals surface area contributed by atoms with Crippen LogP contribution in [0, 0.1) is 28.7 Å². The van der Waals surface area contributed by atoms with Gasteiger partial charge in [0.2, 0.25) is 11.2 Å². The van der Waals surface area contributed by atoms with Crippen molar-refractivity contribution in [2.24, 2.45) is 5.41 Å². The van der Waals surface area contributed by atoms with Crippen LogP contribution in [0.4, 0.5) is 43.9 Å². The quantitative estimate of drug-likeness (QED) is 0.0832. The molecular formula is C45H54F10N2O3. The molecule has 0 N–H and O–H groups in total. The van der Waals surface area contributed by atoms with Crippen LogP contribution in [0.5, 0.6) is 5.75 Å². The second-order valence-electron chi connectivity index (χ2n) is 15.4. The number of hydrogen-bond donors (Lipinski definition) is 0. The molecule has 0 aliphatic heterocycles. The van der Waals surface area contributed by atoms with Gasteiger partial charge in [0.05, 0.1) is 16.9 Å². The summed E-state index contributed by atoms with van der Waals surface area (Å²) >= 11 is 0. The van der Waals surface area contributed by atoms with Gasteiger partial charge in [-0.15, -0.1) is 23.4 Å². The van der Waals surface area contributed by atoms with Crippen LogP contribution in [-0.2, 0) is 10.2 Å². The number of benzene rings is 2. The lowest BCUT2D eigenvalue weighted by Gasteiger charge is -2.39. The summed E-state index contributed by atoms with van der Waals surface area (Å²) < 4.78 is 163. The zero-order valence-electron chi connectivity index (χ0n) is 36.0. The first-order valence-corrected chi connectivity index (χ1v) is 18.7. The Balaban J connectivity index is 0.00000206. The number of ether oxygens (including phenoxy) is 2. The van der Waals surface area contributed by atoms with Gasteiger partial charge in [-0.05, 0) is 120 Å². The molecule has 0 aliphatic rings. The summed E-state index contributed by atoms with van der Waals surface area (Å²) in [6.07, 6.45) is -2.84. The van der Waals surface area contributed by atoms with Gasteiger partial charge in [-0.3, -0.25) is 0 Å². The first kappa shape index (κ1) is 52.9. The molecule has 1 heterocycles. The number of aromatic nitrogens is 2. The van der Waals surface area contributed by atoms with Gasteiger partial charge >= 0.3 is 12.4 Å². The maximum Gasteiger partial charge on any atom is 0.410 e. The third kappa shape index (κ3) is 13.7. The molecule has 60 heavy (non-hydrogen) atoms. The molecule has 1 aromatic heterocycles. The second kappa shape index (κ2) is 21.4. The molecule has 0 fully saturated rings. The average Bonchev–Trinajstić information content (AvgIpc) is 3.60. The predicted octanol–water partition coefficient (Wildman–Crippen LogP) is 15.4. The summed E-state index contributed by atoms with van der Waals surface area (Å²) in [5, 5.41) is 7.20. The van der Waals surface area contributed by atoms with Gasteiger partial charge in [-0.1, -0.05) is 58.9 Å². The van der Waals surface area contributed by atoms with Gasteiger partial charge in [0.1, 0.15) is 23.0 Å². The Morgan fingerprint density at radius 2 is 1.10 bits per heavy atom. The molecule has 0 bridgehead atoms. The fraction of sp³-hybridized carbons (Fsp3) is 0.422.